The lowest BCUT2D eigenvalue weighted by Gasteiger charge is -2.34. The molecule has 1 nitrogen and oxygen atoms in total. The molecule has 0 aromatic heterocycles. The zero-order valence-electron chi connectivity index (χ0n) is 11.7. The molecule has 1 fully saturated rings. The van der Waals surface area contributed by atoms with Gasteiger partial charge in [-0.1, -0.05) is 43.7 Å². The van der Waals surface area contributed by atoms with Crippen molar-refractivity contribution in [1.29, 1.82) is 0 Å². The van der Waals surface area contributed by atoms with Gasteiger partial charge in [-0.25, -0.2) is 0 Å². The minimum atomic E-state index is 0.675. The third-order valence-electron chi connectivity index (χ3n) is 4.40. The first-order valence-electron chi connectivity index (χ1n) is 7.18. The lowest BCUT2D eigenvalue weighted by Crippen LogP contribution is -2.37. The summed E-state index contributed by atoms with van der Waals surface area (Å²) < 4.78 is 0. The summed E-state index contributed by atoms with van der Waals surface area (Å²) in [4.78, 5) is 2.65. The zero-order valence-corrected chi connectivity index (χ0v) is 11.7. The van der Waals surface area contributed by atoms with Crippen molar-refractivity contribution >= 4 is 5.57 Å². The number of likely N-dealkylation sites (tertiary alicyclic amines) is 1. The normalized spacial score (nSPS) is 23.4. The van der Waals surface area contributed by atoms with Gasteiger partial charge in [0.25, 0.3) is 0 Å². The predicted octanol–water partition coefficient (Wildman–Crippen LogP) is 3.92. The highest BCUT2D eigenvalue weighted by Gasteiger charge is 2.33. The van der Waals surface area contributed by atoms with Crippen molar-refractivity contribution in [2.75, 3.05) is 19.6 Å². The van der Waals surface area contributed by atoms with Gasteiger partial charge in [-0.3, -0.25) is 0 Å². The second kappa shape index (κ2) is 4.55. The van der Waals surface area contributed by atoms with Crippen molar-refractivity contribution in [2.24, 2.45) is 5.92 Å². The molecule has 96 valence electrons. The van der Waals surface area contributed by atoms with Crippen molar-refractivity contribution < 1.29 is 0 Å². The van der Waals surface area contributed by atoms with E-state index < -0.39 is 0 Å². The van der Waals surface area contributed by atoms with Gasteiger partial charge in [0.2, 0.25) is 0 Å². The minimum absolute atomic E-state index is 0.675. The first-order valence-corrected chi connectivity index (χ1v) is 7.18. The lowest BCUT2D eigenvalue weighted by molar-refractivity contribution is 0.217. The van der Waals surface area contributed by atoms with Crippen molar-refractivity contribution in [2.45, 2.75) is 33.1 Å². The molecule has 0 amide bonds. The molecule has 0 spiro atoms. The van der Waals surface area contributed by atoms with Gasteiger partial charge in [-0.2, -0.15) is 0 Å². The summed E-state index contributed by atoms with van der Waals surface area (Å²) in [6.07, 6.45) is 1.26. The van der Waals surface area contributed by atoms with Crippen LogP contribution in [0.25, 0.3) is 5.57 Å². The summed E-state index contributed by atoms with van der Waals surface area (Å²) >= 11 is 0. The fourth-order valence-electron chi connectivity index (χ4n) is 3.64. The van der Waals surface area contributed by atoms with Gasteiger partial charge in [-0.05, 0) is 36.0 Å². The van der Waals surface area contributed by atoms with E-state index in [4.69, 9.17) is 0 Å². The quantitative estimate of drug-likeness (QED) is 0.758. The Balaban J connectivity index is 1.88. The standard InChI is InChI=1S/C17H23N/c1-12(2)10-18-9-8-15-13(3)14-6-4-5-7-16(14)17(15)11-18/h4-7,12,17H,8-11H2,1-3H3. The molecular weight excluding hydrogens is 218 g/mol. The Kier molecular flexibility index (Phi) is 3.03. The molecule has 1 atom stereocenters. The Morgan fingerprint density at radius 1 is 1.28 bits per heavy atom. The lowest BCUT2D eigenvalue weighted by atomic mass is 9.89. The van der Waals surface area contributed by atoms with E-state index in [9.17, 15) is 0 Å². The van der Waals surface area contributed by atoms with Gasteiger partial charge in [-0.15, -0.1) is 0 Å². The van der Waals surface area contributed by atoms with Crippen LogP contribution in [0.1, 0.15) is 44.2 Å². The Morgan fingerprint density at radius 3 is 2.83 bits per heavy atom. The smallest absolute Gasteiger partial charge is 0.0188 e. The first kappa shape index (κ1) is 12.0. The predicted molar refractivity (Wildman–Crippen MR) is 77.7 cm³/mol. The van der Waals surface area contributed by atoms with E-state index in [-0.39, 0.29) is 0 Å². The number of benzene rings is 1. The van der Waals surface area contributed by atoms with Crippen LogP contribution in [-0.2, 0) is 0 Å². The molecule has 1 aliphatic carbocycles. The summed E-state index contributed by atoms with van der Waals surface area (Å²) in [6, 6.07) is 8.99. The molecule has 1 aliphatic heterocycles. The second-order valence-corrected chi connectivity index (χ2v) is 6.19. The third kappa shape index (κ3) is 1.91. The molecule has 0 bridgehead atoms. The van der Waals surface area contributed by atoms with E-state index in [0.29, 0.717) is 5.92 Å². The van der Waals surface area contributed by atoms with Crippen molar-refractivity contribution in [3.8, 4) is 0 Å². The Bertz CT molecular complexity index is 484. The maximum absolute atomic E-state index is 2.65. The summed E-state index contributed by atoms with van der Waals surface area (Å²) in [5.74, 6) is 1.45. The summed E-state index contributed by atoms with van der Waals surface area (Å²) in [5, 5.41) is 0. The number of nitrogens with zero attached hydrogens (tertiary/aromatic N) is 1. The molecule has 18 heavy (non-hydrogen) atoms. The fraction of sp³-hybridized carbons (Fsp3) is 0.529. The van der Waals surface area contributed by atoms with Gasteiger partial charge in [0.15, 0.2) is 0 Å². The molecular formula is C17H23N. The average molecular weight is 241 g/mol. The molecule has 0 N–H and O–H groups in total. The van der Waals surface area contributed by atoms with Crippen LogP contribution < -0.4 is 0 Å². The van der Waals surface area contributed by atoms with Gasteiger partial charge in [0.1, 0.15) is 0 Å². The summed E-state index contributed by atoms with van der Waals surface area (Å²) in [6.45, 7) is 10.7. The Morgan fingerprint density at radius 2 is 2.06 bits per heavy atom. The average Bonchev–Trinajstić information content (AvgIpc) is 2.63. The van der Waals surface area contributed by atoms with Crippen LogP contribution in [0.2, 0.25) is 0 Å². The number of hydrogen-bond donors (Lipinski definition) is 0. The number of fused-ring (bicyclic) bond motifs is 3. The van der Waals surface area contributed by atoms with E-state index in [0.717, 1.165) is 5.92 Å². The second-order valence-electron chi connectivity index (χ2n) is 6.19. The molecule has 3 rings (SSSR count). The largest absolute Gasteiger partial charge is 0.302 e. The van der Waals surface area contributed by atoms with Crippen LogP contribution >= 0.6 is 0 Å². The zero-order chi connectivity index (χ0) is 12.7. The number of hydrogen-bond acceptors (Lipinski definition) is 1. The maximum atomic E-state index is 2.65. The molecule has 0 radical (unpaired) electrons. The number of rotatable bonds is 2. The van der Waals surface area contributed by atoms with Gasteiger partial charge in [0.05, 0.1) is 0 Å². The summed E-state index contributed by atoms with van der Waals surface area (Å²) in [7, 11) is 0. The molecule has 1 aromatic carbocycles. The van der Waals surface area contributed by atoms with Gasteiger partial charge >= 0.3 is 0 Å². The molecule has 1 aromatic rings. The maximum Gasteiger partial charge on any atom is 0.0188 e. The Hall–Kier alpha value is -1.08. The van der Waals surface area contributed by atoms with Crippen LogP contribution in [0.15, 0.2) is 29.8 Å². The molecule has 0 saturated carbocycles. The van der Waals surface area contributed by atoms with Crippen molar-refractivity contribution in [1.82, 2.24) is 4.90 Å². The van der Waals surface area contributed by atoms with Crippen LogP contribution in [0.5, 0.6) is 0 Å². The monoisotopic (exact) mass is 241 g/mol. The number of piperidine rings is 1. The highest BCUT2D eigenvalue weighted by atomic mass is 15.1. The van der Waals surface area contributed by atoms with Crippen LogP contribution in [0, 0.1) is 5.92 Å². The molecule has 1 unspecified atom stereocenters. The molecule has 2 aliphatic rings. The van der Waals surface area contributed by atoms with E-state index in [1.807, 2.05) is 0 Å². The molecule has 1 heterocycles. The summed E-state index contributed by atoms with van der Waals surface area (Å²) in [5.41, 5.74) is 6.33. The highest BCUT2D eigenvalue weighted by molar-refractivity contribution is 5.77. The Labute approximate surface area is 111 Å². The topological polar surface area (TPSA) is 3.24 Å². The van der Waals surface area contributed by atoms with Crippen LogP contribution in [0.3, 0.4) is 0 Å². The first-order chi connectivity index (χ1) is 8.66. The number of allylic oxidation sites excluding steroid dienone is 1. The molecule has 1 heteroatoms. The highest BCUT2D eigenvalue weighted by Crippen LogP contribution is 2.45. The molecule has 1 saturated heterocycles. The SMILES string of the molecule is CC1=C2CCN(CC(C)C)CC2c2ccccc21. The van der Waals surface area contributed by atoms with E-state index >= 15 is 0 Å². The minimum Gasteiger partial charge on any atom is -0.302 e. The van der Waals surface area contributed by atoms with Crippen molar-refractivity contribution in [3.63, 3.8) is 0 Å². The van der Waals surface area contributed by atoms with E-state index in [2.05, 4.69) is 49.9 Å². The van der Waals surface area contributed by atoms with Crippen molar-refractivity contribution in [3.05, 3.63) is 41.0 Å². The van der Waals surface area contributed by atoms with Crippen LogP contribution in [0.4, 0.5) is 0 Å². The van der Waals surface area contributed by atoms with Gasteiger partial charge < -0.3 is 4.90 Å². The third-order valence-corrected chi connectivity index (χ3v) is 4.40. The van der Waals surface area contributed by atoms with E-state index in [1.165, 1.54) is 31.6 Å². The van der Waals surface area contributed by atoms with Crippen LogP contribution in [-0.4, -0.2) is 24.5 Å². The van der Waals surface area contributed by atoms with Gasteiger partial charge in [0, 0.05) is 25.6 Å². The van der Waals surface area contributed by atoms with E-state index in [1.54, 1.807) is 16.7 Å². The fourth-order valence-corrected chi connectivity index (χ4v) is 3.64.